The molecule has 2 rings (SSSR count). The molecule has 2 amide bonds. The van der Waals surface area contributed by atoms with Gasteiger partial charge in [0, 0.05) is 18.3 Å². The van der Waals surface area contributed by atoms with Crippen LogP contribution in [-0.4, -0.2) is 35.2 Å². The molecule has 0 atom stereocenters. The number of carbonyl (C=O) groups is 2. The van der Waals surface area contributed by atoms with Gasteiger partial charge in [-0.15, -0.1) is 0 Å². The Morgan fingerprint density at radius 1 is 1.07 bits per heavy atom. The van der Waals surface area contributed by atoms with Gasteiger partial charge in [0.25, 0.3) is 5.91 Å². The van der Waals surface area contributed by atoms with Crippen LogP contribution in [0.15, 0.2) is 28.8 Å². The van der Waals surface area contributed by atoms with Gasteiger partial charge in [-0.1, -0.05) is 38.1 Å². The van der Waals surface area contributed by atoms with Crippen molar-refractivity contribution in [3.8, 4) is 11.5 Å². The molecule has 0 aliphatic carbocycles. The average Bonchev–Trinajstić information content (AvgIpc) is 3.15. The molecule has 1 aromatic heterocycles. The number of carbonyl (C=O) groups excluding carboxylic acids is 2. The molecular weight excluding hydrogens is 376 g/mol. The number of ether oxygens (including phenoxy) is 2. The predicted molar refractivity (Wildman–Crippen MR) is 105 cm³/mol. The highest BCUT2D eigenvalue weighted by atomic mass is 16.5. The Morgan fingerprint density at radius 2 is 1.72 bits per heavy atom. The fourth-order valence-electron chi connectivity index (χ4n) is 2.29. The standard InChI is InChI=1S/C20H28N4O5/c1-5-27-14-9-6-7-10-15(14)28-13-17(26)23-22-16(25)11-8-12-18-21-19(24-29-18)20(2,3)4/h6-7,9-10H,5,8,11-13H2,1-4H3,(H,22,25)(H,23,26). The van der Waals surface area contributed by atoms with Crippen molar-refractivity contribution in [3.05, 3.63) is 36.0 Å². The largest absolute Gasteiger partial charge is 0.490 e. The van der Waals surface area contributed by atoms with Gasteiger partial charge in [0.1, 0.15) is 0 Å². The van der Waals surface area contributed by atoms with Gasteiger partial charge in [0.15, 0.2) is 23.9 Å². The lowest BCUT2D eigenvalue weighted by molar-refractivity contribution is -0.130. The van der Waals surface area contributed by atoms with Gasteiger partial charge in [0.05, 0.1) is 6.61 Å². The highest BCUT2D eigenvalue weighted by molar-refractivity contribution is 5.82. The summed E-state index contributed by atoms with van der Waals surface area (Å²) in [7, 11) is 0. The lowest BCUT2D eigenvalue weighted by atomic mass is 9.96. The molecule has 0 saturated heterocycles. The first kappa shape index (κ1) is 22.2. The number of benzene rings is 1. The van der Waals surface area contributed by atoms with Crippen molar-refractivity contribution in [2.75, 3.05) is 13.2 Å². The fourth-order valence-corrected chi connectivity index (χ4v) is 2.29. The van der Waals surface area contributed by atoms with Crippen LogP contribution in [0.5, 0.6) is 11.5 Å². The molecule has 2 N–H and O–H groups in total. The maximum Gasteiger partial charge on any atom is 0.276 e. The van der Waals surface area contributed by atoms with Gasteiger partial charge in [0.2, 0.25) is 11.8 Å². The van der Waals surface area contributed by atoms with Crippen molar-refractivity contribution in [2.24, 2.45) is 0 Å². The van der Waals surface area contributed by atoms with E-state index in [1.54, 1.807) is 18.2 Å². The molecule has 158 valence electrons. The summed E-state index contributed by atoms with van der Waals surface area (Å²) in [4.78, 5) is 28.0. The Kier molecular flexibility index (Phi) is 7.99. The van der Waals surface area contributed by atoms with E-state index >= 15 is 0 Å². The summed E-state index contributed by atoms with van der Waals surface area (Å²) in [5, 5.41) is 3.94. The monoisotopic (exact) mass is 404 g/mol. The smallest absolute Gasteiger partial charge is 0.276 e. The molecule has 9 heteroatoms. The van der Waals surface area contributed by atoms with E-state index in [2.05, 4.69) is 21.0 Å². The van der Waals surface area contributed by atoms with Gasteiger partial charge in [-0.05, 0) is 25.5 Å². The zero-order valence-electron chi connectivity index (χ0n) is 17.3. The molecule has 1 aromatic carbocycles. The van der Waals surface area contributed by atoms with Crippen molar-refractivity contribution in [2.45, 2.75) is 52.4 Å². The predicted octanol–water partition coefficient (Wildman–Crippen LogP) is 2.31. The number of amides is 2. The van der Waals surface area contributed by atoms with Crippen molar-refractivity contribution in [3.63, 3.8) is 0 Å². The summed E-state index contributed by atoms with van der Waals surface area (Å²) in [6.07, 6.45) is 1.22. The van der Waals surface area contributed by atoms with E-state index in [1.807, 2.05) is 33.8 Å². The quantitative estimate of drug-likeness (QED) is 0.616. The highest BCUT2D eigenvalue weighted by Gasteiger charge is 2.20. The van der Waals surface area contributed by atoms with Gasteiger partial charge in [-0.2, -0.15) is 4.98 Å². The topological polar surface area (TPSA) is 116 Å². The number of aryl methyl sites for hydroxylation is 1. The van der Waals surface area contributed by atoms with Crippen LogP contribution in [0.25, 0.3) is 0 Å². The summed E-state index contributed by atoms with van der Waals surface area (Å²) < 4.78 is 16.0. The number of hydrazine groups is 1. The first-order valence-electron chi connectivity index (χ1n) is 9.55. The number of para-hydroxylation sites is 2. The van der Waals surface area contributed by atoms with Crippen LogP contribution in [0.3, 0.4) is 0 Å². The van der Waals surface area contributed by atoms with Crippen LogP contribution in [-0.2, 0) is 21.4 Å². The molecule has 0 bridgehead atoms. The second-order valence-electron chi connectivity index (χ2n) is 7.38. The zero-order chi connectivity index (χ0) is 21.3. The maximum atomic E-state index is 11.9. The summed E-state index contributed by atoms with van der Waals surface area (Å²) in [6.45, 7) is 8.09. The summed E-state index contributed by atoms with van der Waals surface area (Å²) in [6, 6.07) is 7.06. The minimum absolute atomic E-state index is 0.186. The van der Waals surface area contributed by atoms with Crippen LogP contribution in [0.1, 0.15) is 52.3 Å². The Labute approximate surface area is 170 Å². The number of rotatable bonds is 9. The maximum absolute atomic E-state index is 11.9. The van der Waals surface area contributed by atoms with E-state index < -0.39 is 5.91 Å². The third-order valence-electron chi connectivity index (χ3n) is 3.78. The first-order valence-corrected chi connectivity index (χ1v) is 9.55. The molecule has 0 spiro atoms. The minimum atomic E-state index is -0.476. The molecule has 0 aliphatic rings. The first-order chi connectivity index (χ1) is 13.8. The second kappa shape index (κ2) is 10.4. The summed E-state index contributed by atoms with van der Waals surface area (Å²) in [5.74, 6) is 1.36. The lowest BCUT2D eigenvalue weighted by Crippen LogP contribution is -2.43. The van der Waals surface area contributed by atoms with Crippen molar-refractivity contribution < 1.29 is 23.6 Å². The van der Waals surface area contributed by atoms with Crippen LogP contribution in [0.4, 0.5) is 0 Å². The average molecular weight is 404 g/mol. The number of aromatic nitrogens is 2. The number of nitrogens with zero attached hydrogens (tertiary/aromatic N) is 2. The molecular formula is C20H28N4O5. The van der Waals surface area contributed by atoms with Gasteiger partial charge in [-0.3, -0.25) is 20.4 Å². The number of nitrogens with one attached hydrogen (secondary N) is 2. The van der Waals surface area contributed by atoms with Crippen LogP contribution >= 0.6 is 0 Å². The molecule has 1 heterocycles. The highest BCUT2D eigenvalue weighted by Crippen LogP contribution is 2.26. The Hall–Kier alpha value is -3.10. The molecule has 0 unspecified atom stereocenters. The third-order valence-corrected chi connectivity index (χ3v) is 3.78. The fraction of sp³-hybridized carbons (Fsp3) is 0.500. The van der Waals surface area contributed by atoms with Gasteiger partial charge < -0.3 is 14.0 Å². The van der Waals surface area contributed by atoms with E-state index in [-0.39, 0.29) is 24.3 Å². The molecule has 2 aromatic rings. The molecule has 0 radical (unpaired) electrons. The number of hydrogen-bond donors (Lipinski definition) is 2. The normalized spacial score (nSPS) is 11.0. The molecule has 29 heavy (non-hydrogen) atoms. The minimum Gasteiger partial charge on any atom is -0.490 e. The lowest BCUT2D eigenvalue weighted by Gasteiger charge is -2.12. The Morgan fingerprint density at radius 3 is 2.34 bits per heavy atom. The van der Waals surface area contributed by atoms with Crippen LogP contribution in [0, 0.1) is 0 Å². The molecule has 0 saturated carbocycles. The Balaban J connectivity index is 1.66. The third kappa shape index (κ3) is 7.44. The zero-order valence-corrected chi connectivity index (χ0v) is 17.3. The van der Waals surface area contributed by atoms with E-state index in [0.717, 1.165) is 0 Å². The summed E-state index contributed by atoms with van der Waals surface area (Å²) in [5.41, 5.74) is 4.49. The van der Waals surface area contributed by atoms with Crippen molar-refractivity contribution >= 4 is 11.8 Å². The van der Waals surface area contributed by atoms with Gasteiger partial charge in [-0.25, -0.2) is 0 Å². The van der Waals surface area contributed by atoms with Crippen LogP contribution in [0.2, 0.25) is 0 Å². The van der Waals surface area contributed by atoms with E-state index in [4.69, 9.17) is 14.0 Å². The van der Waals surface area contributed by atoms with Crippen molar-refractivity contribution in [1.29, 1.82) is 0 Å². The Bertz CT molecular complexity index is 813. The molecule has 0 aliphatic heterocycles. The molecule has 9 nitrogen and oxygen atoms in total. The van der Waals surface area contributed by atoms with Crippen LogP contribution < -0.4 is 20.3 Å². The number of hydrogen-bond acceptors (Lipinski definition) is 7. The van der Waals surface area contributed by atoms with E-state index in [0.29, 0.717) is 42.7 Å². The van der Waals surface area contributed by atoms with E-state index in [9.17, 15) is 9.59 Å². The van der Waals surface area contributed by atoms with E-state index in [1.165, 1.54) is 0 Å². The van der Waals surface area contributed by atoms with Gasteiger partial charge >= 0.3 is 0 Å². The molecule has 0 fully saturated rings. The second-order valence-corrected chi connectivity index (χ2v) is 7.38. The SMILES string of the molecule is CCOc1ccccc1OCC(=O)NNC(=O)CCCc1nc(C(C)(C)C)no1. The van der Waals surface area contributed by atoms with Crippen molar-refractivity contribution in [1.82, 2.24) is 21.0 Å². The summed E-state index contributed by atoms with van der Waals surface area (Å²) >= 11 is 0.